The Balaban J connectivity index is 1.67. The first-order valence-electron chi connectivity index (χ1n) is 8.05. The van der Waals surface area contributed by atoms with Gasteiger partial charge in [0.15, 0.2) is 0 Å². The Morgan fingerprint density at radius 2 is 1.88 bits per heavy atom. The highest BCUT2D eigenvalue weighted by molar-refractivity contribution is 6.03. The van der Waals surface area contributed by atoms with Crippen molar-refractivity contribution in [3.8, 4) is 5.75 Å². The smallest absolute Gasteiger partial charge is 0.274 e. The number of rotatable bonds is 5. The molecule has 2 heterocycles. The number of ether oxygens (including phenoxy) is 1. The molecule has 0 radical (unpaired) electrons. The van der Waals surface area contributed by atoms with Gasteiger partial charge in [-0.25, -0.2) is 0 Å². The van der Waals surface area contributed by atoms with Crippen LogP contribution < -0.4 is 15.0 Å². The van der Waals surface area contributed by atoms with Crippen LogP contribution in [-0.2, 0) is 4.79 Å². The van der Waals surface area contributed by atoms with Crippen molar-refractivity contribution >= 4 is 23.7 Å². The zero-order valence-corrected chi connectivity index (χ0v) is 14.0. The molecule has 1 saturated heterocycles. The lowest BCUT2D eigenvalue weighted by Gasteiger charge is -2.34. The molecular weight excluding hydrogens is 320 g/mol. The number of piperazine rings is 1. The standard InChI is InChI=1S/C18H20N4O3/c1-25-16-4-2-14(3-5-16)20-18(24)17-12-15(6-7-19-17)22-10-8-21(13-23)9-11-22/h2-7,12-13H,8-11H2,1H3,(H,20,24). The van der Waals surface area contributed by atoms with Crippen LogP contribution in [0.5, 0.6) is 5.75 Å². The second-order valence-electron chi connectivity index (χ2n) is 5.71. The number of hydrogen-bond donors (Lipinski definition) is 1. The molecule has 0 aliphatic carbocycles. The Morgan fingerprint density at radius 1 is 1.16 bits per heavy atom. The first-order chi connectivity index (χ1) is 12.2. The molecular formula is C18H20N4O3. The molecule has 1 fully saturated rings. The first kappa shape index (κ1) is 16.8. The third kappa shape index (κ3) is 4.06. The summed E-state index contributed by atoms with van der Waals surface area (Å²) >= 11 is 0. The van der Waals surface area contributed by atoms with E-state index in [-0.39, 0.29) is 5.91 Å². The molecule has 3 rings (SSSR count). The fourth-order valence-corrected chi connectivity index (χ4v) is 2.70. The quantitative estimate of drug-likeness (QED) is 0.837. The van der Waals surface area contributed by atoms with Crippen LogP contribution in [0.1, 0.15) is 10.5 Å². The second kappa shape index (κ2) is 7.65. The predicted molar refractivity (Wildman–Crippen MR) is 95.0 cm³/mol. The number of nitrogens with one attached hydrogen (secondary N) is 1. The third-order valence-corrected chi connectivity index (χ3v) is 4.15. The Bertz CT molecular complexity index is 740. The Morgan fingerprint density at radius 3 is 2.52 bits per heavy atom. The average molecular weight is 340 g/mol. The van der Waals surface area contributed by atoms with Crippen molar-refractivity contribution in [1.29, 1.82) is 0 Å². The summed E-state index contributed by atoms with van der Waals surface area (Å²) in [5, 5.41) is 2.83. The van der Waals surface area contributed by atoms with Crippen molar-refractivity contribution < 1.29 is 14.3 Å². The number of hydrogen-bond acceptors (Lipinski definition) is 5. The fraction of sp³-hybridized carbons (Fsp3) is 0.278. The zero-order valence-electron chi connectivity index (χ0n) is 14.0. The molecule has 7 heteroatoms. The van der Waals surface area contributed by atoms with E-state index in [1.165, 1.54) is 0 Å². The minimum Gasteiger partial charge on any atom is -0.497 e. The fourth-order valence-electron chi connectivity index (χ4n) is 2.70. The van der Waals surface area contributed by atoms with E-state index in [2.05, 4.69) is 15.2 Å². The van der Waals surface area contributed by atoms with E-state index in [0.717, 1.165) is 30.9 Å². The molecule has 130 valence electrons. The Hall–Kier alpha value is -3.09. The van der Waals surface area contributed by atoms with Gasteiger partial charge in [-0.2, -0.15) is 0 Å². The van der Waals surface area contributed by atoms with Crippen molar-refractivity contribution in [1.82, 2.24) is 9.88 Å². The van der Waals surface area contributed by atoms with E-state index in [0.29, 0.717) is 24.5 Å². The number of benzene rings is 1. The monoisotopic (exact) mass is 340 g/mol. The lowest BCUT2D eigenvalue weighted by Crippen LogP contribution is -2.45. The molecule has 1 N–H and O–H groups in total. The molecule has 2 aromatic rings. The van der Waals surface area contributed by atoms with Crippen LogP contribution in [0.25, 0.3) is 0 Å². The minimum atomic E-state index is -0.265. The molecule has 0 spiro atoms. The van der Waals surface area contributed by atoms with Crippen LogP contribution in [0.3, 0.4) is 0 Å². The van der Waals surface area contributed by atoms with Gasteiger partial charge < -0.3 is 19.9 Å². The van der Waals surface area contributed by atoms with Crippen LogP contribution in [0, 0.1) is 0 Å². The van der Waals surface area contributed by atoms with Crippen molar-refractivity contribution in [2.75, 3.05) is 43.5 Å². The Labute approximate surface area is 146 Å². The summed E-state index contributed by atoms with van der Waals surface area (Å²) < 4.78 is 5.10. The molecule has 1 aromatic heterocycles. The molecule has 25 heavy (non-hydrogen) atoms. The average Bonchev–Trinajstić information content (AvgIpc) is 2.68. The van der Waals surface area contributed by atoms with Gasteiger partial charge in [0.25, 0.3) is 5.91 Å². The van der Waals surface area contributed by atoms with Crippen molar-refractivity contribution in [2.45, 2.75) is 0 Å². The molecule has 2 amide bonds. The van der Waals surface area contributed by atoms with E-state index in [9.17, 15) is 9.59 Å². The van der Waals surface area contributed by atoms with Gasteiger partial charge in [-0.15, -0.1) is 0 Å². The number of methoxy groups -OCH3 is 1. The number of amides is 2. The SMILES string of the molecule is COc1ccc(NC(=O)c2cc(N3CCN(C=O)CC3)ccn2)cc1. The maximum Gasteiger partial charge on any atom is 0.274 e. The normalized spacial score (nSPS) is 14.1. The first-order valence-corrected chi connectivity index (χ1v) is 8.05. The second-order valence-corrected chi connectivity index (χ2v) is 5.71. The van der Waals surface area contributed by atoms with Gasteiger partial charge in [-0.1, -0.05) is 0 Å². The van der Waals surface area contributed by atoms with Gasteiger partial charge in [-0.05, 0) is 36.4 Å². The van der Waals surface area contributed by atoms with Crippen molar-refractivity contribution in [2.24, 2.45) is 0 Å². The molecule has 0 atom stereocenters. The maximum atomic E-state index is 12.4. The van der Waals surface area contributed by atoms with Crippen LogP contribution in [0.2, 0.25) is 0 Å². The molecule has 1 aliphatic heterocycles. The Kier molecular flexibility index (Phi) is 5.13. The maximum absolute atomic E-state index is 12.4. The van der Waals surface area contributed by atoms with Gasteiger partial charge in [-0.3, -0.25) is 14.6 Å². The number of pyridine rings is 1. The molecule has 0 saturated carbocycles. The van der Waals surface area contributed by atoms with Gasteiger partial charge in [0.05, 0.1) is 7.11 Å². The van der Waals surface area contributed by atoms with Gasteiger partial charge >= 0.3 is 0 Å². The van der Waals surface area contributed by atoms with E-state index >= 15 is 0 Å². The summed E-state index contributed by atoms with van der Waals surface area (Å²) in [6.07, 6.45) is 2.50. The highest BCUT2D eigenvalue weighted by atomic mass is 16.5. The highest BCUT2D eigenvalue weighted by Gasteiger charge is 2.17. The number of anilines is 2. The summed E-state index contributed by atoms with van der Waals surface area (Å²) in [5.41, 5.74) is 1.96. The number of nitrogens with zero attached hydrogens (tertiary/aromatic N) is 3. The van der Waals surface area contributed by atoms with Crippen molar-refractivity contribution in [3.63, 3.8) is 0 Å². The summed E-state index contributed by atoms with van der Waals surface area (Å²) in [5.74, 6) is 0.464. The molecule has 7 nitrogen and oxygen atoms in total. The summed E-state index contributed by atoms with van der Waals surface area (Å²) in [4.78, 5) is 31.3. The van der Waals surface area contributed by atoms with Crippen molar-refractivity contribution in [3.05, 3.63) is 48.3 Å². The summed E-state index contributed by atoms with van der Waals surface area (Å²) in [7, 11) is 1.60. The van der Waals surface area contributed by atoms with Crippen LogP contribution in [0.4, 0.5) is 11.4 Å². The minimum absolute atomic E-state index is 0.265. The number of aromatic nitrogens is 1. The van der Waals surface area contributed by atoms with E-state index in [1.54, 1.807) is 48.5 Å². The van der Waals surface area contributed by atoms with Crippen LogP contribution in [0.15, 0.2) is 42.6 Å². The number of carbonyl (C=O) groups excluding carboxylic acids is 2. The lowest BCUT2D eigenvalue weighted by molar-refractivity contribution is -0.118. The molecule has 0 bridgehead atoms. The largest absolute Gasteiger partial charge is 0.497 e. The highest BCUT2D eigenvalue weighted by Crippen LogP contribution is 2.19. The molecule has 1 aromatic carbocycles. The predicted octanol–water partition coefficient (Wildman–Crippen LogP) is 1.62. The van der Waals surface area contributed by atoms with E-state index in [4.69, 9.17) is 4.74 Å². The topological polar surface area (TPSA) is 74.8 Å². The van der Waals surface area contributed by atoms with Gasteiger partial charge in [0, 0.05) is 43.8 Å². The third-order valence-electron chi connectivity index (χ3n) is 4.15. The summed E-state index contributed by atoms with van der Waals surface area (Å²) in [6, 6.07) is 10.8. The van der Waals surface area contributed by atoms with E-state index < -0.39 is 0 Å². The van der Waals surface area contributed by atoms with E-state index in [1.807, 2.05) is 6.07 Å². The van der Waals surface area contributed by atoms with Gasteiger partial charge in [0.1, 0.15) is 11.4 Å². The van der Waals surface area contributed by atoms with Crippen LogP contribution >= 0.6 is 0 Å². The lowest BCUT2D eigenvalue weighted by atomic mass is 10.2. The van der Waals surface area contributed by atoms with Crippen LogP contribution in [-0.4, -0.2) is 55.5 Å². The summed E-state index contributed by atoms with van der Waals surface area (Å²) in [6.45, 7) is 2.84. The van der Waals surface area contributed by atoms with Gasteiger partial charge in [0.2, 0.25) is 6.41 Å². The molecule has 0 unspecified atom stereocenters. The molecule has 1 aliphatic rings. The number of carbonyl (C=O) groups is 2. The zero-order chi connectivity index (χ0) is 17.6.